The molecule has 4 nitrogen and oxygen atoms in total. The van der Waals surface area contributed by atoms with Gasteiger partial charge in [0.15, 0.2) is 11.6 Å². The lowest BCUT2D eigenvalue weighted by molar-refractivity contribution is -0.114. The number of halogens is 1. The Morgan fingerprint density at radius 1 is 1.04 bits per heavy atom. The Kier molecular flexibility index (Phi) is 5.08. The maximum absolute atomic E-state index is 14.5. The number of anilines is 1. The van der Waals surface area contributed by atoms with Crippen molar-refractivity contribution in [2.24, 2.45) is 0 Å². The van der Waals surface area contributed by atoms with Crippen LogP contribution in [0.4, 0.5) is 10.1 Å². The molecule has 5 heteroatoms. The van der Waals surface area contributed by atoms with Gasteiger partial charge in [0.2, 0.25) is 5.91 Å². The van der Waals surface area contributed by atoms with Crippen LogP contribution in [0.2, 0.25) is 0 Å². The van der Waals surface area contributed by atoms with Gasteiger partial charge in [0.05, 0.1) is 0 Å². The van der Waals surface area contributed by atoms with Crippen LogP contribution in [0.25, 0.3) is 0 Å². The van der Waals surface area contributed by atoms with Crippen LogP contribution in [-0.2, 0) is 24.4 Å². The van der Waals surface area contributed by atoms with E-state index in [2.05, 4.69) is 22.3 Å². The first-order valence-electron chi connectivity index (χ1n) is 9.20. The van der Waals surface area contributed by atoms with E-state index in [1.807, 2.05) is 30.3 Å². The molecule has 0 spiro atoms. The largest absolute Gasteiger partial charge is 0.454 e. The molecule has 3 aromatic rings. The highest BCUT2D eigenvalue weighted by atomic mass is 19.1. The van der Waals surface area contributed by atoms with Gasteiger partial charge in [0.25, 0.3) is 0 Å². The van der Waals surface area contributed by atoms with E-state index in [0.717, 1.165) is 17.7 Å². The molecule has 1 aliphatic rings. The van der Waals surface area contributed by atoms with E-state index in [9.17, 15) is 9.18 Å². The molecule has 0 unspecified atom stereocenters. The molecule has 0 radical (unpaired) electrons. The highest BCUT2D eigenvalue weighted by Crippen LogP contribution is 2.36. The number of rotatable bonds is 3. The van der Waals surface area contributed by atoms with Crippen molar-refractivity contribution in [3.8, 4) is 11.5 Å². The number of nitrogens with zero attached hydrogens (tertiary/aromatic N) is 1. The van der Waals surface area contributed by atoms with Crippen molar-refractivity contribution < 1.29 is 13.9 Å². The smallest absolute Gasteiger partial charge is 0.221 e. The Labute approximate surface area is 163 Å². The first kappa shape index (κ1) is 18.2. The fraction of sp³-hybridized carbons (Fsp3) is 0.174. The lowest BCUT2D eigenvalue weighted by atomic mass is 10.1. The summed E-state index contributed by atoms with van der Waals surface area (Å²) in [5.41, 5.74) is 3.59. The van der Waals surface area contributed by atoms with Gasteiger partial charge < -0.3 is 10.1 Å². The van der Waals surface area contributed by atoms with Crippen LogP contribution < -0.4 is 10.1 Å². The number of hydrogen-bond acceptors (Lipinski definition) is 3. The number of fused-ring (bicyclic) bond motifs is 2. The predicted octanol–water partition coefficient (Wildman–Crippen LogP) is 5.09. The zero-order valence-corrected chi connectivity index (χ0v) is 15.6. The molecule has 0 aliphatic carbocycles. The molecule has 1 heterocycles. The first-order valence-corrected chi connectivity index (χ1v) is 9.20. The molecular weight excluding hydrogens is 355 g/mol. The first-order chi connectivity index (χ1) is 13.6. The van der Waals surface area contributed by atoms with Gasteiger partial charge in [-0.15, -0.1) is 0 Å². The molecule has 28 heavy (non-hydrogen) atoms. The van der Waals surface area contributed by atoms with Crippen LogP contribution in [0.3, 0.4) is 0 Å². The molecule has 0 aromatic heterocycles. The number of ether oxygens (including phenoxy) is 1. The summed E-state index contributed by atoms with van der Waals surface area (Å²) in [5.74, 6) is 0.340. The average molecular weight is 376 g/mol. The molecule has 0 fully saturated rings. The highest BCUT2D eigenvalue weighted by Gasteiger charge is 2.21. The number of carbonyl (C=O) groups is 1. The minimum Gasteiger partial charge on any atom is -0.454 e. The van der Waals surface area contributed by atoms with E-state index in [1.165, 1.54) is 18.6 Å². The van der Waals surface area contributed by atoms with E-state index >= 15 is 0 Å². The van der Waals surface area contributed by atoms with Crippen molar-refractivity contribution in [2.75, 3.05) is 5.32 Å². The summed E-state index contributed by atoms with van der Waals surface area (Å²) in [4.78, 5) is 13.7. The minimum absolute atomic E-state index is 0.135. The van der Waals surface area contributed by atoms with Crippen LogP contribution in [0.1, 0.15) is 23.6 Å². The van der Waals surface area contributed by atoms with E-state index in [4.69, 9.17) is 4.74 Å². The molecule has 1 N–H and O–H groups in total. The summed E-state index contributed by atoms with van der Waals surface area (Å²) in [7, 11) is 0. The van der Waals surface area contributed by atoms with Crippen molar-refractivity contribution in [1.82, 2.24) is 4.90 Å². The second kappa shape index (κ2) is 7.82. The maximum Gasteiger partial charge on any atom is 0.221 e. The Hall–Kier alpha value is -3.18. The van der Waals surface area contributed by atoms with Crippen molar-refractivity contribution in [2.45, 2.75) is 26.6 Å². The minimum atomic E-state index is -0.379. The fourth-order valence-corrected chi connectivity index (χ4v) is 3.48. The third-order valence-electron chi connectivity index (χ3n) is 4.68. The van der Waals surface area contributed by atoms with Crippen molar-refractivity contribution >= 4 is 11.6 Å². The van der Waals surface area contributed by atoms with Crippen LogP contribution >= 0.6 is 0 Å². The fourth-order valence-electron chi connectivity index (χ4n) is 3.48. The molecule has 3 aromatic carbocycles. The zero-order chi connectivity index (χ0) is 19.5. The van der Waals surface area contributed by atoms with E-state index in [1.54, 1.807) is 18.2 Å². The summed E-state index contributed by atoms with van der Waals surface area (Å²) < 4.78 is 20.4. The molecule has 0 atom stereocenters. The Balaban J connectivity index is 1.74. The third kappa shape index (κ3) is 4.05. The Morgan fingerprint density at radius 2 is 1.82 bits per heavy atom. The summed E-state index contributed by atoms with van der Waals surface area (Å²) in [5, 5.41) is 2.80. The number of nitrogens with one attached hydrogen (secondary N) is 1. The Morgan fingerprint density at radius 3 is 2.61 bits per heavy atom. The zero-order valence-electron chi connectivity index (χ0n) is 15.6. The monoisotopic (exact) mass is 376 g/mol. The van der Waals surface area contributed by atoms with Crippen molar-refractivity contribution in [3.05, 3.63) is 89.2 Å². The molecular formula is C23H21FN2O2. The van der Waals surface area contributed by atoms with E-state index in [-0.39, 0.29) is 17.5 Å². The van der Waals surface area contributed by atoms with Gasteiger partial charge in [0.1, 0.15) is 5.75 Å². The third-order valence-corrected chi connectivity index (χ3v) is 4.68. The van der Waals surface area contributed by atoms with Gasteiger partial charge in [-0.2, -0.15) is 0 Å². The summed E-state index contributed by atoms with van der Waals surface area (Å²) in [6.07, 6.45) is 0. The van der Waals surface area contributed by atoms with Gasteiger partial charge in [0, 0.05) is 43.4 Å². The molecule has 0 saturated carbocycles. The van der Waals surface area contributed by atoms with Gasteiger partial charge in [-0.25, -0.2) is 4.39 Å². The van der Waals surface area contributed by atoms with Crippen LogP contribution in [0.15, 0.2) is 66.7 Å². The normalized spacial score (nSPS) is 13.5. The van der Waals surface area contributed by atoms with Crippen LogP contribution in [0.5, 0.6) is 11.5 Å². The van der Waals surface area contributed by atoms with Gasteiger partial charge >= 0.3 is 0 Å². The molecule has 142 valence electrons. The van der Waals surface area contributed by atoms with Gasteiger partial charge in [-0.1, -0.05) is 42.5 Å². The predicted molar refractivity (Wildman–Crippen MR) is 107 cm³/mol. The van der Waals surface area contributed by atoms with Crippen LogP contribution in [-0.4, -0.2) is 10.8 Å². The summed E-state index contributed by atoms with van der Waals surface area (Å²) >= 11 is 0. The standard InChI is InChI=1S/C23H21FN2O2/c1-16(27)25-20-10-11-22-19(12-20)15-26(13-17-6-3-2-4-7-17)14-18-8-5-9-21(24)23(18)28-22/h2-12H,13-15H2,1H3,(H,25,27). The van der Waals surface area contributed by atoms with E-state index in [0.29, 0.717) is 24.5 Å². The van der Waals surface area contributed by atoms with E-state index < -0.39 is 0 Å². The number of para-hydroxylation sites is 1. The Bertz CT molecular complexity index is 1000. The SMILES string of the molecule is CC(=O)Nc1ccc2c(c1)CN(Cc1ccccc1)Cc1cccc(F)c1O2. The number of benzene rings is 3. The van der Waals surface area contributed by atoms with Crippen molar-refractivity contribution in [1.29, 1.82) is 0 Å². The summed E-state index contributed by atoms with van der Waals surface area (Å²) in [6.45, 7) is 3.38. The molecule has 1 amide bonds. The van der Waals surface area contributed by atoms with Crippen LogP contribution in [0, 0.1) is 5.82 Å². The molecule has 0 bridgehead atoms. The van der Waals surface area contributed by atoms with Gasteiger partial charge in [-0.3, -0.25) is 9.69 Å². The second-order valence-electron chi connectivity index (χ2n) is 6.96. The quantitative estimate of drug-likeness (QED) is 0.692. The molecule has 4 rings (SSSR count). The topological polar surface area (TPSA) is 41.6 Å². The molecule has 1 aliphatic heterocycles. The maximum atomic E-state index is 14.5. The highest BCUT2D eigenvalue weighted by molar-refractivity contribution is 5.88. The molecule has 0 saturated heterocycles. The van der Waals surface area contributed by atoms with Crippen molar-refractivity contribution in [3.63, 3.8) is 0 Å². The lowest BCUT2D eigenvalue weighted by Gasteiger charge is -2.28. The number of carbonyl (C=O) groups excluding carboxylic acids is 1. The summed E-state index contributed by atoms with van der Waals surface area (Å²) in [6, 6.07) is 20.6. The average Bonchev–Trinajstić information content (AvgIpc) is 2.65. The number of amides is 1. The lowest BCUT2D eigenvalue weighted by Crippen LogP contribution is -2.24. The second-order valence-corrected chi connectivity index (χ2v) is 6.96. The van der Waals surface area contributed by atoms with Gasteiger partial charge in [-0.05, 0) is 29.8 Å². The number of hydrogen-bond donors (Lipinski definition) is 1.